The highest BCUT2D eigenvalue weighted by Crippen LogP contribution is 2.41. The Labute approximate surface area is 94.5 Å². The topological polar surface area (TPSA) is 32.3 Å². The largest absolute Gasteiger partial charge is 0.396 e. The van der Waals surface area contributed by atoms with Gasteiger partial charge in [-0.15, -0.1) is 0 Å². The molecule has 3 atom stereocenters. The van der Waals surface area contributed by atoms with Crippen LogP contribution in [0.1, 0.15) is 53.4 Å². The van der Waals surface area contributed by atoms with Crippen LogP contribution >= 0.6 is 0 Å². The molecule has 2 N–H and O–H groups in total. The van der Waals surface area contributed by atoms with Crippen molar-refractivity contribution in [1.82, 2.24) is 5.32 Å². The van der Waals surface area contributed by atoms with Crippen molar-refractivity contribution < 1.29 is 5.11 Å². The van der Waals surface area contributed by atoms with Crippen LogP contribution in [0.25, 0.3) is 0 Å². The average Bonchev–Trinajstić information content (AvgIpc) is 2.36. The third kappa shape index (κ3) is 4.12. The van der Waals surface area contributed by atoms with Crippen LogP contribution in [0, 0.1) is 11.3 Å². The van der Waals surface area contributed by atoms with Crippen LogP contribution in [0.4, 0.5) is 0 Å². The van der Waals surface area contributed by atoms with Crippen LogP contribution in [-0.4, -0.2) is 23.8 Å². The highest BCUT2D eigenvalue weighted by molar-refractivity contribution is 4.92. The lowest BCUT2D eigenvalue weighted by molar-refractivity contribution is 0.269. The average molecular weight is 213 g/mol. The molecule has 0 amide bonds. The van der Waals surface area contributed by atoms with Crippen LogP contribution in [0.2, 0.25) is 0 Å². The quantitative estimate of drug-likeness (QED) is 0.735. The van der Waals surface area contributed by atoms with Crippen molar-refractivity contribution >= 4 is 0 Å². The van der Waals surface area contributed by atoms with Gasteiger partial charge in [-0.1, -0.05) is 20.8 Å². The molecule has 0 aromatic heterocycles. The molecule has 0 aromatic carbocycles. The van der Waals surface area contributed by atoms with Gasteiger partial charge in [0.05, 0.1) is 0 Å². The van der Waals surface area contributed by atoms with E-state index in [1.165, 1.54) is 12.8 Å². The predicted molar refractivity (Wildman–Crippen MR) is 64.9 cm³/mol. The van der Waals surface area contributed by atoms with E-state index in [2.05, 4.69) is 33.0 Å². The highest BCUT2D eigenvalue weighted by Gasteiger charge is 2.36. The maximum Gasteiger partial charge on any atom is 0.0431 e. The molecule has 0 heterocycles. The predicted octanol–water partition coefficient (Wildman–Crippen LogP) is 2.56. The molecule has 0 spiro atoms. The Morgan fingerprint density at radius 2 is 2.07 bits per heavy atom. The Hall–Kier alpha value is -0.0800. The van der Waals surface area contributed by atoms with Gasteiger partial charge in [0.15, 0.2) is 0 Å². The molecule has 90 valence electrons. The molecular weight excluding hydrogens is 186 g/mol. The first-order valence-corrected chi connectivity index (χ1v) is 6.31. The third-order valence-corrected chi connectivity index (χ3v) is 3.63. The standard InChI is InChI=1S/C13H27NO/c1-10-8-13(3,4)9-12(10)14-11(2)6-5-7-15/h10-12,14-15H,5-9H2,1-4H3/t10-,11-,12+/m1/s1. The summed E-state index contributed by atoms with van der Waals surface area (Å²) in [6.45, 7) is 9.63. The fourth-order valence-corrected chi connectivity index (χ4v) is 2.96. The summed E-state index contributed by atoms with van der Waals surface area (Å²) in [6.07, 6.45) is 4.62. The second-order valence-corrected chi connectivity index (χ2v) is 6.09. The number of aliphatic hydroxyl groups excluding tert-OH is 1. The molecule has 1 aliphatic carbocycles. The number of hydrogen-bond donors (Lipinski definition) is 2. The van der Waals surface area contributed by atoms with E-state index in [1.54, 1.807) is 0 Å². The molecular formula is C13H27NO. The number of hydrogen-bond acceptors (Lipinski definition) is 2. The van der Waals surface area contributed by atoms with Crippen molar-refractivity contribution in [2.24, 2.45) is 11.3 Å². The monoisotopic (exact) mass is 213 g/mol. The van der Waals surface area contributed by atoms with Crippen molar-refractivity contribution in [3.05, 3.63) is 0 Å². The van der Waals surface area contributed by atoms with E-state index in [-0.39, 0.29) is 0 Å². The summed E-state index contributed by atoms with van der Waals surface area (Å²) in [4.78, 5) is 0. The van der Waals surface area contributed by atoms with Crippen LogP contribution < -0.4 is 5.32 Å². The van der Waals surface area contributed by atoms with E-state index in [1.807, 2.05) is 0 Å². The molecule has 2 heteroatoms. The lowest BCUT2D eigenvalue weighted by Gasteiger charge is -2.23. The van der Waals surface area contributed by atoms with Crippen molar-refractivity contribution in [3.8, 4) is 0 Å². The van der Waals surface area contributed by atoms with Gasteiger partial charge in [0, 0.05) is 18.7 Å². The van der Waals surface area contributed by atoms with E-state index < -0.39 is 0 Å². The van der Waals surface area contributed by atoms with Gasteiger partial charge >= 0.3 is 0 Å². The Morgan fingerprint density at radius 1 is 1.40 bits per heavy atom. The number of aliphatic hydroxyl groups is 1. The molecule has 0 aliphatic heterocycles. The minimum absolute atomic E-state index is 0.317. The van der Waals surface area contributed by atoms with E-state index in [9.17, 15) is 0 Å². The summed E-state index contributed by atoms with van der Waals surface area (Å²) in [5, 5.41) is 12.5. The summed E-state index contributed by atoms with van der Waals surface area (Å²) in [5.74, 6) is 0.788. The Bertz CT molecular complexity index is 191. The van der Waals surface area contributed by atoms with Crippen LogP contribution in [0.5, 0.6) is 0 Å². The zero-order valence-electron chi connectivity index (χ0n) is 10.7. The minimum Gasteiger partial charge on any atom is -0.396 e. The molecule has 1 aliphatic rings. The third-order valence-electron chi connectivity index (χ3n) is 3.63. The lowest BCUT2D eigenvalue weighted by atomic mass is 9.91. The number of nitrogens with one attached hydrogen (secondary N) is 1. The maximum atomic E-state index is 8.78. The van der Waals surface area contributed by atoms with E-state index in [4.69, 9.17) is 5.11 Å². The van der Waals surface area contributed by atoms with Crippen molar-refractivity contribution in [3.63, 3.8) is 0 Å². The molecule has 15 heavy (non-hydrogen) atoms. The zero-order chi connectivity index (χ0) is 11.5. The number of rotatable bonds is 5. The minimum atomic E-state index is 0.317. The maximum absolute atomic E-state index is 8.78. The molecule has 2 nitrogen and oxygen atoms in total. The Kier molecular flexibility index (Phi) is 4.60. The molecule has 0 unspecified atom stereocenters. The van der Waals surface area contributed by atoms with Crippen molar-refractivity contribution in [2.45, 2.75) is 65.5 Å². The van der Waals surface area contributed by atoms with Gasteiger partial charge in [0.2, 0.25) is 0 Å². The van der Waals surface area contributed by atoms with Crippen molar-refractivity contribution in [2.75, 3.05) is 6.61 Å². The molecule has 0 bridgehead atoms. The second-order valence-electron chi connectivity index (χ2n) is 6.09. The van der Waals surface area contributed by atoms with Crippen LogP contribution in [0.3, 0.4) is 0 Å². The van der Waals surface area contributed by atoms with Crippen LogP contribution in [0.15, 0.2) is 0 Å². The molecule has 1 rings (SSSR count). The summed E-state index contributed by atoms with van der Waals surface area (Å²) < 4.78 is 0. The fraction of sp³-hybridized carbons (Fsp3) is 1.00. The molecule has 0 saturated heterocycles. The first kappa shape index (κ1) is 13.0. The lowest BCUT2D eigenvalue weighted by Crippen LogP contribution is -2.38. The second kappa shape index (κ2) is 5.31. The summed E-state index contributed by atoms with van der Waals surface area (Å²) in [6, 6.07) is 1.21. The molecule has 1 fully saturated rings. The first-order valence-electron chi connectivity index (χ1n) is 6.31. The summed E-state index contributed by atoms with van der Waals surface area (Å²) >= 11 is 0. The summed E-state index contributed by atoms with van der Waals surface area (Å²) in [5.41, 5.74) is 0.508. The van der Waals surface area contributed by atoms with Gasteiger partial charge in [-0.05, 0) is 43.9 Å². The summed E-state index contributed by atoms with van der Waals surface area (Å²) in [7, 11) is 0. The van der Waals surface area contributed by atoms with E-state index >= 15 is 0 Å². The zero-order valence-corrected chi connectivity index (χ0v) is 10.7. The van der Waals surface area contributed by atoms with E-state index in [0.717, 1.165) is 18.8 Å². The van der Waals surface area contributed by atoms with Gasteiger partial charge in [-0.25, -0.2) is 0 Å². The Balaban J connectivity index is 2.32. The SMILES string of the molecule is C[C@H](CCCO)N[C@H]1CC(C)(C)C[C@H]1C. The highest BCUT2D eigenvalue weighted by atomic mass is 16.2. The van der Waals surface area contributed by atoms with Gasteiger partial charge in [-0.3, -0.25) is 0 Å². The smallest absolute Gasteiger partial charge is 0.0431 e. The molecule has 0 aromatic rings. The molecule has 0 radical (unpaired) electrons. The first-order chi connectivity index (χ1) is 6.94. The fourth-order valence-electron chi connectivity index (χ4n) is 2.96. The van der Waals surface area contributed by atoms with E-state index in [0.29, 0.717) is 24.1 Å². The normalized spacial score (nSPS) is 31.8. The van der Waals surface area contributed by atoms with Gasteiger partial charge in [0.1, 0.15) is 0 Å². The van der Waals surface area contributed by atoms with Gasteiger partial charge in [-0.2, -0.15) is 0 Å². The molecule has 1 saturated carbocycles. The Morgan fingerprint density at radius 3 is 2.53 bits per heavy atom. The van der Waals surface area contributed by atoms with Gasteiger partial charge < -0.3 is 10.4 Å². The van der Waals surface area contributed by atoms with Crippen molar-refractivity contribution in [1.29, 1.82) is 0 Å². The van der Waals surface area contributed by atoms with Crippen LogP contribution in [-0.2, 0) is 0 Å². The van der Waals surface area contributed by atoms with Gasteiger partial charge in [0.25, 0.3) is 0 Å².